The minimum Gasteiger partial charge on any atom is -0.493 e. The third-order valence-corrected chi connectivity index (χ3v) is 3.50. The largest absolute Gasteiger partial charge is 0.493 e. The van der Waals surface area contributed by atoms with Gasteiger partial charge >= 0.3 is 6.03 Å². The lowest BCUT2D eigenvalue weighted by Crippen LogP contribution is -2.30. The van der Waals surface area contributed by atoms with Crippen molar-refractivity contribution in [1.82, 2.24) is 5.32 Å². The van der Waals surface area contributed by atoms with Crippen LogP contribution in [0.3, 0.4) is 0 Å². The SMILES string of the molecule is COc1ccc(CCNC(=O)Nc2ccccc2[N+](=O)[O-])cc1OC. The molecule has 0 atom stereocenters. The first-order chi connectivity index (χ1) is 12.0. The van der Waals surface area contributed by atoms with E-state index < -0.39 is 11.0 Å². The molecule has 8 heteroatoms. The molecule has 2 aromatic carbocycles. The van der Waals surface area contributed by atoms with Crippen molar-refractivity contribution in [2.75, 3.05) is 26.1 Å². The van der Waals surface area contributed by atoms with E-state index in [9.17, 15) is 14.9 Å². The van der Waals surface area contributed by atoms with Crippen LogP contribution in [0.4, 0.5) is 16.2 Å². The molecule has 0 heterocycles. The molecule has 0 radical (unpaired) electrons. The van der Waals surface area contributed by atoms with Crippen LogP contribution in [0, 0.1) is 10.1 Å². The lowest BCUT2D eigenvalue weighted by molar-refractivity contribution is -0.383. The molecule has 2 aromatic rings. The minimum absolute atomic E-state index is 0.149. The number of nitrogens with zero attached hydrogens (tertiary/aromatic N) is 1. The number of amides is 2. The van der Waals surface area contributed by atoms with Gasteiger partial charge < -0.3 is 20.1 Å². The quantitative estimate of drug-likeness (QED) is 0.593. The van der Waals surface area contributed by atoms with Crippen LogP contribution in [0.5, 0.6) is 11.5 Å². The number of hydrogen-bond donors (Lipinski definition) is 2. The Labute approximate surface area is 144 Å². The molecule has 2 amide bonds. The van der Waals surface area contributed by atoms with Gasteiger partial charge in [0.25, 0.3) is 5.69 Å². The first kappa shape index (κ1) is 18.1. The van der Waals surface area contributed by atoms with E-state index >= 15 is 0 Å². The summed E-state index contributed by atoms with van der Waals surface area (Å²) in [7, 11) is 3.12. The number of hydrogen-bond acceptors (Lipinski definition) is 5. The van der Waals surface area contributed by atoms with Gasteiger partial charge in [-0.05, 0) is 30.2 Å². The van der Waals surface area contributed by atoms with Gasteiger partial charge in [-0.1, -0.05) is 18.2 Å². The Kier molecular flexibility index (Phi) is 6.16. The summed E-state index contributed by atoms with van der Waals surface area (Å²) >= 11 is 0. The highest BCUT2D eigenvalue weighted by Gasteiger charge is 2.14. The molecular formula is C17H19N3O5. The Hall–Kier alpha value is -3.29. The number of rotatable bonds is 7. The Morgan fingerprint density at radius 2 is 1.84 bits per heavy atom. The van der Waals surface area contributed by atoms with E-state index in [4.69, 9.17) is 9.47 Å². The summed E-state index contributed by atoms with van der Waals surface area (Å²) < 4.78 is 10.4. The van der Waals surface area contributed by atoms with Gasteiger partial charge in [-0.15, -0.1) is 0 Å². The molecule has 0 bridgehead atoms. The Morgan fingerprint density at radius 1 is 1.12 bits per heavy atom. The van der Waals surface area contributed by atoms with E-state index in [0.29, 0.717) is 24.5 Å². The fraction of sp³-hybridized carbons (Fsp3) is 0.235. The second kappa shape index (κ2) is 8.53. The van der Waals surface area contributed by atoms with Gasteiger partial charge in [-0.3, -0.25) is 10.1 Å². The van der Waals surface area contributed by atoms with Crippen LogP contribution in [0.2, 0.25) is 0 Å². The highest BCUT2D eigenvalue weighted by molar-refractivity contribution is 5.91. The van der Waals surface area contributed by atoms with Gasteiger partial charge in [0.05, 0.1) is 19.1 Å². The normalized spacial score (nSPS) is 10.0. The summed E-state index contributed by atoms with van der Waals surface area (Å²) in [5, 5.41) is 16.1. The van der Waals surface area contributed by atoms with Crippen LogP contribution in [0.25, 0.3) is 0 Å². The van der Waals surface area contributed by atoms with Gasteiger partial charge in [-0.25, -0.2) is 4.79 Å². The molecule has 2 rings (SSSR count). The van der Waals surface area contributed by atoms with Crippen molar-refractivity contribution in [2.24, 2.45) is 0 Å². The molecule has 0 aliphatic carbocycles. The van der Waals surface area contributed by atoms with Gasteiger partial charge in [0.15, 0.2) is 11.5 Å². The topological polar surface area (TPSA) is 103 Å². The number of para-hydroxylation sites is 2. The summed E-state index contributed by atoms with van der Waals surface area (Å²) in [4.78, 5) is 22.3. The van der Waals surface area contributed by atoms with E-state index in [1.807, 2.05) is 12.1 Å². The molecule has 25 heavy (non-hydrogen) atoms. The summed E-state index contributed by atoms with van der Waals surface area (Å²) in [6, 6.07) is 11.0. The fourth-order valence-electron chi connectivity index (χ4n) is 2.26. The maximum absolute atomic E-state index is 11.9. The first-order valence-corrected chi connectivity index (χ1v) is 7.54. The lowest BCUT2D eigenvalue weighted by atomic mass is 10.1. The second-order valence-corrected chi connectivity index (χ2v) is 5.09. The molecule has 0 aliphatic heterocycles. The highest BCUT2D eigenvalue weighted by atomic mass is 16.6. The van der Waals surface area contributed by atoms with Crippen LogP contribution in [0.15, 0.2) is 42.5 Å². The number of nitro benzene ring substituents is 1. The molecule has 0 fully saturated rings. The van der Waals surface area contributed by atoms with E-state index in [1.54, 1.807) is 26.4 Å². The molecule has 8 nitrogen and oxygen atoms in total. The number of anilines is 1. The monoisotopic (exact) mass is 345 g/mol. The lowest BCUT2D eigenvalue weighted by Gasteiger charge is -2.10. The van der Waals surface area contributed by atoms with Crippen LogP contribution in [0.1, 0.15) is 5.56 Å². The van der Waals surface area contributed by atoms with E-state index in [1.165, 1.54) is 18.2 Å². The molecule has 0 aliphatic rings. The molecule has 0 saturated carbocycles. The predicted octanol–water partition coefficient (Wildman–Crippen LogP) is 2.98. The summed E-state index contributed by atoms with van der Waals surface area (Å²) in [6.07, 6.45) is 0.574. The number of nitro groups is 1. The van der Waals surface area contributed by atoms with Gasteiger partial charge in [0, 0.05) is 12.6 Å². The van der Waals surface area contributed by atoms with Gasteiger partial charge in [0.1, 0.15) is 5.69 Å². The number of carbonyl (C=O) groups excluding carboxylic acids is 1. The molecular weight excluding hydrogens is 326 g/mol. The average Bonchev–Trinajstić information content (AvgIpc) is 2.61. The van der Waals surface area contributed by atoms with Gasteiger partial charge in [-0.2, -0.15) is 0 Å². The maximum Gasteiger partial charge on any atom is 0.319 e. The third-order valence-electron chi connectivity index (χ3n) is 3.50. The van der Waals surface area contributed by atoms with Crippen molar-refractivity contribution < 1.29 is 19.2 Å². The van der Waals surface area contributed by atoms with Crippen molar-refractivity contribution in [3.63, 3.8) is 0 Å². The van der Waals surface area contributed by atoms with Crippen molar-refractivity contribution in [1.29, 1.82) is 0 Å². The van der Waals surface area contributed by atoms with Crippen LogP contribution >= 0.6 is 0 Å². The minimum atomic E-state index is -0.542. The average molecular weight is 345 g/mol. The Morgan fingerprint density at radius 3 is 2.52 bits per heavy atom. The maximum atomic E-state index is 11.9. The van der Waals surface area contributed by atoms with Crippen LogP contribution in [-0.4, -0.2) is 31.7 Å². The smallest absolute Gasteiger partial charge is 0.319 e. The summed E-state index contributed by atoms with van der Waals surface area (Å²) in [5.41, 5.74) is 0.956. The second-order valence-electron chi connectivity index (χ2n) is 5.09. The first-order valence-electron chi connectivity index (χ1n) is 7.54. The standard InChI is InChI=1S/C17H19N3O5/c1-24-15-8-7-12(11-16(15)25-2)9-10-18-17(21)19-13-5-3-4-6-14(13)20(22)23/h3-8,11H,9-10H2,1-2H3,(H2,18,19,21). The van der Waals surface area contributed by atoms with Crippen molar-refractivity contribution in [2.45, 2.75) is 6.42 Å². The van der Waals surface area contributed by atoms with E-state index in [2.05, 4.69) is 10.6 Å². The summed E-state index contributed by atoms with van der Waals surface area (Å²) in [6.45, 7) is 0.363. The fourth-order valence-corrected chi connectivity index (χ4v) is 2.26. The zero-order chi connectivity index (χ0) is 18.2. The van der Waals surface area contributed by atoms with Crippen LogP contribution in [-0.2, 0) is 6.42 Å². The highest BCUT2D eigenvalue weighted by Crippen LogP contribution is 2.27. The molecule has 0 aromatic heterocycles. The number of benzene rings is 2. The Balaban J connectivity index is 1.90. The number of urea groups is 1. The van der Waals surface area contributed by atoms with E-state index in [0.717, 1.165) is 5.56 Å². The molecule has 0 unspecified atom stereocenters. The van der Waals surface area contributed by atoms with Crippen LogP contribution < -0.4 is 20.1 Å². The predicted molar refractivity (Wildman–Crippen MR) is 93.4 cm³/mol. The number of methoxy groups -OCH3 is 2. The molecule has 0 spiro atoms. The van der Waals surface area contributed by atoms with E-state index in [-0.39, 0.29) is 11.4 Å². The number of carbonyl (C=O) groups is 1. The van der Waals surface area contributed by atoms with Crippen molar-refractivity contribution >= 4 is 17.4 Å². The van der Waals surface area contributed by atoms with Crippen molar-refractivity contribution in [3.8, 4) is 11.5 Å². The number of ether oxygens (including phenoxy) is 2. The third kappa shape index (κ3) is 4.84. The van der Waals surface area contributed by atoms with Crippen molar-refractivity contribution in [3.05, 3.63) is 58.1 Å². The van der Waals surface area contributed by atoms with Gasteiger partial charge in [0.2, 0.25) is 0 Å². The zero-order valence-electron chi connectivity index (χ0n) is 13.9. The molecule has 0 saturated heterocycles. The molecule has 2 N–H and O–H groups in total. The molecule has 132 valence electrons. The summed E-state index contributed by atoms with van der Waals surface area (Å²) in [5.74, 6) is 1.25. The zero-order valence-corrected chi connectivity index (χ0v) is 13.9. The number of nitrogens with one attached hydrogen (secondary N) is 2. The Bertz CT molecular complexity index is 764.